The molecule has 0 aliphatic rings. The molecular weight excluding hydrogens is 428 g/mol. The summed E-state index contributed by atoms with van der Waals surface area (Å²) in [6, 6.07) is 12.2. The molecule has 0 aliphatic carbocycles. The smallest absolute Gasteiger partial charge is 0.341 e. The average molecular weight is 449 g/mol. The molecule has 0 saturated carbocycles. The maximum atomic E-state index is 12.3. The Kier molecular flexibility index (Phi) is 6.27. The SMILES string of the molecule is CCOC(=O)c1cnc(N)c2c(COc3cccc(NC(=O)c4ccccn4)c3)csc12. The van der Waals surface area contributed by atoms with Gasteiger partial charge in [-0.05, 0) is 36.6 Å². The lowest BCUT2D eigenvalue weighted by Gasteiger charge is -2.10. The molecule has 0 bridgehead atoms. The number of nitrogens with zero attached hydrogens (tertiary/aromatic N) is 2. The van der Waals surface area contributed by atoms with Gasteiger partial charge in [0.1, 0.15) is 23.9 Å². The summed E-state index contributed by atoms with van der Waals surface area (Å²) < 4.78 is 11.8. The highest BCUT2D eigenvalue weighted by molar-refractivity contribution is 7.17. The molecule has 4 aromatic rings. The van der Waals surface area contributed by atoms with Crippen LogP contribution >= 0.6 is 11.3 Å². The van der Waals surface area contributed by atoms with E-state index in [-0.39, 0.29) is 19.1 Å². The van der Waals surface area contributed by atoms with Gasteiger partial charge < -0.3 is 20.5 Å². The van der Waals surface area contributed by atoms with E-state index in [4.69, 9.17) is 15.2 Å². The van der Waals surface area contributed by atoms with Gasteiger partial charge in [0.05, 0.1) is 16.9 Å². The average Bonchev–Trinajstić information content (AvgIpc) is 3.24. The molecule has 1 aromatic carbocycles. The molecule has 0 fully saturated rings. The number of ether oxygens (including phenoxy) is 2. The van der Waals surface area contributed by atoms with Gasteiger partial charge in [0.2, 0.25) is 0 Å². The number of esters is 1. The third-order valence-electron chi connectivity index (χ3n) is 4.58. The van der Waals surface area contributed by atoms with E-state index in [1.54, 1.807) is 55.6 Å². The van der Waals surface area contributed by atoms with Crippen molar-refractivity contribution in [3.8, 4) is 5.75 Å². The number of carbonyl (C=O) groups is 2. The molecule has 0 spiro atoms. The van der Waals surface area contributed by atoms with Gasteiger partial charge in [0.25, 0.3) is 5.91 Å². The van der Waals surface area contributed by atoms with Crippen molar-refractivity contribution in [1.29, 1.82) is 0 Å². The number of aromatic nitrogens is 2. The third kappa shape index (κ3) is 4.52. The lowest BCUT2D eigenvalue weighted by Crippen LogP contribution is -2.13. The molecule has 3 aromatic heterocycles. The van der Waals surface area contributed by atoms with E-state index >= 15 is 0 Å². The lowest BCUT2D eigenvalue weighted by atomic mass is 10.1. The number of hydrogen-bond donors (Lipinski definition) is 2. The normalized spacial score (nSPS) is 10.7. The van der Waals surface area contributed by atoms with Crippen LogP contribution in [0.25, 0.3) is 10.1 Å². The summed E-state index contributed by atoms with van der Waals surface area (Å²) in [6.45, 7) is 2.25. The largest absolute Gasteiger partial charge is 0.489 e. The van der Waals surface area contributed by atoms with Crippen LogP contribution in [0.2, 0.25) is 0 Å². The maximum absolute atomic E-state index is 12.3. The predicted molar refractivity (Wildman–Crippen MR) is 123 cm³/mol. The first-order valence-corrected chi connectivity index (χ1v) is 10.7. The minimum absolute atomic E-state index is 0.218. The van der Waals surface area contributed by atoms with Crippen molar-refractivity contribution in [3.63, 3.8) is 0 Å². The number of nitrogen functional groups attached to an aromatic ring is 1. The number of anilines is 2. The number of fused-ring (bicyclic) bond motifs is 1. The summed E-state index contributed by atoms with van der Waals surface area (Å²) in [5.41, 5.74) is 8.18. The van der Waals surface area contributed by atoms with Crippen LogP contribution < -0.4 is 15.8 Å². The zero-order valence-electron chi connectivity index (χ0n) is 17.2. The van der Waals surface area contributed by atoms with Gasteiger partial charge in [-0.2, -0.15) is 0 Å². The van der Waals surface area contributed by atoms with E-state index in [9.17, 15) is 9.59 Å². The highest BCUT2D eigenvalue weighted by atomic mass is 32.1. The van der Waals surface area contributed by atoms with Crippen molar-refractivity contribution in [2.24, 2.45) is 0 Å². The van der Waals surface area contributed by atoms with Gasteiger partial charge >= 0.3 is 5.97 Å². The minimum atomic E-state index is -0.435. The van der Waals surface area contributed by atoms with Gasteiger partial charge in [-0.15, -0.1) is 11.3 Å². The zero-order chi connectivity index (χ0) is 22.5. The first-order valence-electron chi connectivity index (χ1n) is 9.83. The summed E-state index contributed by atoms with van der Waals surface area (Å²) >= 11 is 1.39. The molecule has 162 valence electrons. The summed E-state index contributed by atoms with van der Waals surface area (Å²) in [7, 11) is 0. The molecule has 0 radical (unpaired) electrons. The van der Waals surface area contributed by atoms with Crippen LogP contribution in [0, 0.1) is 0 Å². The molecule has 9 heteroatoms. The van der Waals surface area contributed by atoms with Crippen molar-refractivity contribution in [2.75, 3.05) is 17.7 Å². The van der Waals surface area contributed by atoms with Gasteiger partial charge in [0, 0.05) is 35.1 Å². The Morgan fingerprint density at radius 2 is 2.03 bits per heavy atom. The third-order valence-corrected chi connectivity index (χ3v) is 5.64. The zero-order valence-corrected chi connectivity index (χ0v) is 18.0. The van der Waals surface area contributed by atoms with Crippen LogP contribution in [0.5, 0.6) is 5.75 Å². The molecule has 0 saturated heterocycles. The summed E-state index contributed by atoms with van der Waals surface area (Å²) in [5.74, 6) is 0.146. The number of rotatable bonds is 7. The van der Waals surface area contributed by atoms with Crippen LogP contribution in [0.1, 0.15) is 33.3 Å². The van der Waals surface area contributed by atoms with E-state index in [1.807, 2.05) is 5.38 Å². The predicted octanol–water partition coefficient (Wildman–Crippen LogP) is 4.28. The van der Waals surface area contributed by atoms with Crippen molar-refractivity contribution < 1.29 is 19.1 Å². The molecular formula is C23H20N4O4S. The number of carbonyl (C=O) groups excluding carboxylic acids is 2. The molecule has 4 rings (SSSR count). The number of pyridine rings is 2. The van der Waals surface area contributed by atoms with E-state index in [1.165, 1.54) is 17.5 Å². The maximum Gasteiger partial charge on any atom is 0.341 e. The first-order chi connectivity index (χ1) is 15.6. The van der Waals surface area contributed by atoms with Gasteiger partial charge in [-0.3, -0.25) is 9.78 Å². The molecule has 1 amide bonds. The number of benzene rings is 1. The highest BCUT2D eigenvalue weighted by Gasteiger charge is 2.18. The molecule has 0 aliphatic heterocycles. The van der Waals surface area contributed by atoms with Crippen LogP contribution in [-0.4, -0.2) is 28.5 Å². The van der Waals surface area contributed by atoms with Crippen molar-refractivity contribution in [1.82, 2.24) is 9.97 Å². The van der Waals surface area contributed by atoms with Crippen LogP contribution in [0.15, 0.2) is 60.2 Å². The molecule has 0 atom stereocenters. The fourth-order valence-corrected chi connectivity index (χ4v) is 4.17. The van der Waals surface area contributed by atoms with Gasteiger partial charge in [-0.1, -0.05) is 12.1 Å². The quantitative estimate of drug-likeness (QED) is 0.405. The Hall–Kier alpha value is -3.98. The number of thiophene rings is 1. The van der Waals surface area contributed by atoms with Crippen LogP contribution in [0.4, 0.5) is 11.5 Å². The van der Waals surface area contributed by atoms with Crippen molar-refractivity contribution in [2.45, 2.75) is 13.5 Å². The summed E-state index contributed by atoms with van der Waals surface area (Å²) in [6.07, 6.45) is 3.00. The number of amides is 1. The second-order valence-electron chi connectivity index (χ2n) is 6.73. The van der Waals surface area contributed by atoms with Gasteiger partial charge in [0.15, 0.2) is 0 Å². The van der Waals surface area contributed by atoms with Crippen LogP contribution in [0.3, 0.4) is 0 Å². The molecule has 0 unspecified atom stereocenters. The second kappa shape index (κ2) is 9.44. The molecule has 3 heterocycles. The molecule has 32 heavy (non-hydrogen) atoms. The van der Waals surface area contributed by atoms with E-state index in [0.717, 1.165) is 5.56 Å². The van der Waals surface area contributed by atoms with Crippen LogP contribution in [-0.2, 0) is 11.3 Å². The highest BCUT2D eigenvalue weighted by Crippen LogP contribution is 2.33. The lowest BCUT2D eigenvalue weighted by molar-refractivity contribution is 0.0528. The monoisotopic (exact) mass is 448 g/mol. The second-order valence-corrected chi connectivity index (χ2v) is 7.61. The standard InChI is InChI=1S/C23H20N4O4S/c1-2-30-23(29)17-11-26-21(24)19-14(13-32-20(17)19)12-31-16-7-5-6-15(10-16)27-22(28)18-8-3-4-9-25-18/h3-11,13H,2,12H2,1H3,(H2,24,26)(H,27,28). The topological polar surface area (TPSA) is 116 Å². The van der Waals surface area contributed by atoms with E-state index in [2.05, 4.69) is 15.3 Å². The van der Waals surface area contributed by atoms with E-state index < -0.39 is 5.97 Å². The Bertz CT molecular complexity index is 1270. The molecule has 8 nitrogen and oxygen atoms in total. The van der Waals surface area contributed by atoms with Crippen molar-refractivity contribution >= 4 is 44.8 Å². The Morgan fingerprint density at radius 3 is 2.81 bits per heavy atom. The molecule has 3 N–H and O–H groups in total. The first kappa shape index (κ1) is 21.3. The van der Waals surface area contributed by atoms with Crippen molar-refractivity contribution in [3.05, 3.63) is 77.1 Å². The Labute approximate surface area is 188 Å². The summed E-state index contributed by atoms with van der Waals surface area (Å²) in [5, 5.41) is 5.37. The Balaban J connectivity index is 1.50. The van der Waals surface area contributed by atoms with E-state index in [0.29, 0.717) is 38.6 Å². The number of hydrogen-bond acceptors (Lipinski definition) is 8. The fraction of sp³-hybridized carbons (Fsp3) is 0.130. The summed E-state index contributed by atoms with van der Waals surface area (Å²) in [4.78, 5) is 32.7. The number of nitrogens with one attached hydrogen (secondary N) is 1. The van der Waals surface area contributed by atoms with Gasteiger partial charge in [-0.25, -0.2) is 9.78 Å². The Morgan fingerprint density at radius 1 is 1.16 bits per heavy atom. The minimum Gasteiger partial charge on any atom is -0.489 e. The number of nitrogens with two attached hydrogens (primary N) is 1. The fourth-order valence-electron chi connectivity index (χ4n) is 3.11.